The van der Waals surface area contributed by atoms with Crippen LogP contribution in [0.15, 0.2) is 36.7 Å². The third-order valence-corrected chi connectivity index (χ3v) is 6.58. The number of methoxy groups -OCH3 is 1. The molecule has 202 valence electrons. The van der Waals surface area contributed by atoms with Crippen LogP contribution >= 0.6 is 11.6 Å². The van der Waals surface area contributed by atoms with E-state index >= 15 is 0 Å². The van der Waals surface area contributed by atoms with Crippen LogP contribution in [-0.2, 0) is 14.3 Å². The molecule has 0 aliphatic carbocycles. The summed E-state index contributed by atoms with van der Waals surface area (Å²) in [5, 5.41) is 3.12. The second kappa shape index (κ2) is 12.9. The quantitative estimate of drug-likeness (QED) is 0.440. The predicted molar refractivity (Wildman–Crippen MR) is 142 cm³/mol. The van der Waals surface area contributed by atoms with Crippen molar-refractivity contribution in [3.8, 4) is 5.75 Å². The van der Waals surface area contributed by atoms with E-state index in [4.69, 9.17) is 25.8 Å². The molecule has 1 fully saturated rings. The van der Waals surface area contributed by atoms with Crippen molar-refractivity contribution < 1.29 is 23.8 Å². The highest BCUT2D eigenvalue weighted by Gasteiger charge is 2.27. The van der Waals surface area contributed by atoms with Gasteiger partial charge in [-0.3, -0.25) is 0 Å². The average Bonchev–Trinajstić information content (AvgIpc) is 2.87. The average molecular weight is 533 g/mol. The first-order valence-electron chi connectivity index (χ1n) is 12.6. The third kappa shape index (κ3) is 8.77. The molecule has 37 heavy (non-hydrogen) atoms. The molecule has 2 heterocycles. The zero-order valence-electron chi connectivity index (χ0n) is 22.2. The van der Waals surface area contributed by atoms with Crippen LogP contribution in [0.5, 0.6) is 5.75 Å². The van der Waals surface area contributed by atoms with Crippen molar-refractivity contribution in [2.75, 3.05) is 31.7 Å². The Kier molecular flexibility index (Phi) is 9.97. The van der Waals surface area contributed by atoms with Gasteiger partial charge in [-0.2, -0.15) is 0 Å². The van der Waals surface area contributed by atoms with E-state index in [1.54, 1.807) is 57.4 Å². The summed E-state index contributed by atoms with van der Waals surface area (Å²) >= 11 is 5.89. The molecule has 1 N–H and O–H groups in total. The topological polar surface area (TPSA) is 103 Å². The van der Waals surface area contributed by atoms with Crippen LogP contribution in [0.3, 0.4) is 0 Å². The van der Waals surface area contributed by atoms with Gasteiger partial charge in [-0.15, -0.1) is 0 Å². The molecule has 2 aromatic rings. The number of esters is 1. The van der Waals surface area contributed by atoms with Gasteiger partial charge < -0.3 is 24.4 Å². The second-order valence-electron chi connectivity index (χ2n) is 10.3. The standard InChI is InChI=1S/C27H37ClN4O5/c1-18(19-10-13-32(14-11-19)25-29-16-21(28)17-30-25)12-15-36-22-8-6-20(7-9-22)23(24(33)35-5)31-26(34)37-27(2,3)4/h6-9,16-19,23H,10-15H2,1-5H3,(H,31,34)/t18?,23-/m0/s1. The molecule has 0 spiro atoms. The van der Waals surface area contributed by atoms with E-state index in [2.05, 4.69) is 27.1 Å². The fourth-order valence-corrected chi connectivity index (χ4v) is 4.41. The third-order valence-electron chi connectivity index (χ3n) is 6.39. The maximum Gasteiger partial charge on any atom is 0.408 e. The summed E-state index contributed by atoms with van der Waals surface area (Å²) in [6.45, 7) is 9.99. The van der Waals surface area contributed by atoms with Gasteiger partial charge in [-0.05, 0) is 69.6 Å². The molecule has 1 aromatic carbocycles. The van der Waals surface area contributed by atoms with E-state index in [0.29, 0.717) is 34.8 Å². The number of hydrogen-bond acceptors (Lipinski definition) is 8. The number of hydrogen-bond donors (Lipinski definition) is 1. The van der Waals surface area contributed by atoms with Crippen molar-refractivity contribution in [2.45, 2.75) is 58.6 Å². The van der Waals surface area contributed by atoms with Crippen molar-refractivity contribution in [1.82, 2.24) is 15.3 Å². The maximum absolute atomic E-state index is 12.3. The Morgan fingerprint density at radius 1 is 1.14 bits per heavy atom. The van der Waals surface area contributed by atoms with Gasteiger partial charge in [0.2, 0.25) is 5.95 Å². The highest BCUT2D eigenvalue weighted by molar-refractivity contribution is 6.30. The first-order chi connectivity index (χ1) is 17.6. The van der Waals surface area contributed by atoms with Crippen LogP contribution in [0.25, 0.3) is 0 Å². The van der Waals surface area contributed by atoms with Gasteiger partial charge in [-0.1, -0.05) is 30.7 Å². The highest BCUT2D eigenvalue weighted by Crippen LogP contribution is 2.29. The number of piperidine rings is 1. The zero-order valence-corrected chi connectivity index (χ0v) is 23.0. The van der Waals surface area contributed by atoms with Crippen molar-refractivity contribution >= 4 is 29.6 Å². The second-order valence-corrected chi connectivity index (χ2v) is 10.7. The molecule has 10 heteroatoms. The Balaban J connectivity index is 1.46. The summed E-state index contributed by atoms with van der Waals surface area (Å²) in [5.74, 6) is 2.00. The Morgan fingerprint density at radius 3 is 2.32 bits per heavy atom. The number of anilines is 1. The molecule has 0 radical (unpaired) electrons. The van der Waals surface area contributed by atoms with Crippen LogP contribution in [-0.4, -0.2) is 54.4 Å². The van der Waals surface area contributed by atoms with E-state index in [9.17, 15) is 9.59 Å². The van der Waals surface area contributed by atoms with E-state index in [1.807, 2.05) is 0 Å². The smallest absolute Gasteiger partial charge is 0.408 e. The van der Waals surface area contributed by atoms with Gasteiger partial charge in [0.05, 0.1) is 31.1 Å². The van der Waals surface area contributed by atoms with Crippen molar-refractivity contribution in [3.63, 3.8) is 0 Å². The van der Waals surface area contributed by atoms with Gasteiger partial charge in [0.25, 0.3) is 0 Å². The zero-order chi connectivity index (χ0) is 27.0. The summed E-state index contributed by atoms with van der Waals surface area (Å²) < 4.78 is 16.1. The van der Waals surface area contributed by atoms with Crippen LogP contribution in [0.1, 0.15) is 58.6 Å². The molecule has 1 unspecified atom stereocenters. The molecule has 1 aliphatic rings. The lowest BCUT2D eigenvalue weighted by Gasteiger charge is -2.34. The first-order valence-corrected chi connectivity index (χ1v) is 13.0. The highest BCUT2D eigenvalue weighted by atomic mass is 35.5. The van der Waals surface area contributed by atoms with Crippen molar-refractivity contribution in [3.05, 3.63) is 47.2 Å². The maximum atomic E-state index is 12.3. The number of carbonyl (C=O) groups is 2. The number of benzene rings is 1. The monoisotopic (exact) mass is 532 g/mol. The van der Waals surface area contributed by atoms with E-state index in [1.165, 1.54) is 7.11 Å². The first kappa shape index (κ1) is 28.5. The molecule has 3 rings (SSSR count). The Morgan fingerprint density at radius 2 is 1.76 bits per heavy atom. The van der Waals surface area contributed by atoms with E-state index in [0.717, 1.165) is 38.3 Å². The lowest BCUT2D eigenvalue weighted by Crippen LogP contribution is -2.38. The summed E-state index contributed by atoms with van der Waals surface area (Å²) in [6.07, 6.45) is 5.69. The Labute approximate surface area is 223 Å². The minimum Gasteiger partial charge on any atom is -0.494 e. The summed E-state index contributed by atoms with van der Waals surface area (Å²) in [6, 6.07) is 6.09. The molecule has 1 aliphatic heterocycles. The van der Waals surface area contributed by atoms with Crippen LogP contribution < -0.4 is 15.0 Å². The van der Waals surface area contributed by atoms with Gasteiger partial charge >= 0.3 is 12.1 Å². The molecular formula is C27H37ClN4O5. The predicted octanol–water partition coefficient (Wildman–Crippen LogP) is 5.19. The molecule has 1 aromatic heterocycles. The van der Waals surface area contributed by atoms with Gasteiger partial charge in [0.15, 0.2) is 6.04 Å². The van der Waals surface area contributed by atoms with E-state index in [-0.39, 0.29) is 0 Å². The molecular weight excluding hydrogens is 496 g/mol. The van der Waals surface area contributed by atoms with Crippen molar-refractivity contribution in [2.24, 2.45) is 11.8 Å². The number of carbonyl (C=O) groups excluding carboxylic acids is 2. The lowest BCUT2D eigenvalue weighted by molar-refractivity contribution is -0.143. The number of nitrogens with one attached hydrogen (secondary N) is 1. The SMILES string of the molecule is COC(=O)[C@@H](NC(=O)OC(C)(C)C)c1ccc(OCCC(C)C2CCN(c3ncc(Cl)cn3)CC2)cc1. The largest absolute Gasteiger partial charge is 0.494 e. The van der Waals surface area contributed by atoms with Crippen molar-refractivity contribution in [1.29, 1.82) is 0 Å². The molecule has 0 saturated carbocycles. The number of alkyl carbamates (subject to hydrolysis) is 1. The summed E-state index contributed by atoms with van der Waals surface area (Å²) in [4.78, 5) is 35.3. The van der Waals surface area contributed by atoms with Crippen LogP contribution in [0, 0.1) is 11.8 Å². The Hall–Kier alpha value is -3.07. The van der Waals surface area contributed by atoms with Gasteiger partial charge in [0, 0.05) is 13.1 Å². The van der Waals surface area contributed by atoms with Crippen LogP contribution in [0.4, 0.5) is 10.7 Å². The summed E-state index contributed by atoms with van der Waals surface area (Å²) in [5.41, 5.74) is -0.100. The van der Waals surface area contributed by atoms with Crippen LogP contribution in [0.2, 0.25) is 5.02 Å². The van der Waals surface area contributed by atoms with Gasteiger partial charge in [0.1, 0.15) is 11.4 Å². The number of amides is 1. The lowest BCUT2D eigenvalue weighted by atomic mass is 9.84. The number of rotatable bonds is 9. The normalized spacial score (nSPS) is 16.0. The fraction of sp³-hybridized carbons (Fsp3) is 0.556. The molecule has 9 nitrogen and oxygen atoms in total. The molecule has 0 bridgehead atoms. The minimum atomic E-state index is -0.974. The molecule has 2 atom stereocenters. The minimum absolute atomic E-state index is 0.522. The van der Waals surface area contributed by atoms with E-state index < -0.39 is 23.7 Å². The number of halogens is 1. The number of aromatic nitrogens is 2. The molecule has 1 amide bonds. The Bertz CT molecular complexity index is 1020. The number of ether oxygens (including phenoxy) is 3. The summed E-state index contributed by atoms with van der Waals surface area (Å²) in [7, 11) is 1.28. The number of nitrogens with zero attached hydrogens (tertiary/aromatic N) is 3. The fourth-order valence-electron chi connectivity index (χ4n) is 4.31. The van der Waals surface area contributed by atoms with Gasteiger partial charge in [-0.25, -0.2) is 19.6 Å². The molecule has 1 saturated heterocycles.